The highest BCUT2D eigenvalue weighted by atomic mass is 16.7. The van der Waals surface area contributed by atoms with Crippen molar-refractivity contribution in [2.75, 3.05) is 6.79 Å². The quantitative estimate of drug-likeness (QED) is 0.530. The average molecular weight is 198 g/mol. The van der Waals surface area contributed by atoms with Crippen LogP contribution < -0.4 is 0 Å². The number of carbonyl (C=O) groups is 2. The maximum atomic E-state index is 11.0. The molecule has 0 aliphatic rings. The maximum absolute atomic E-state index is 11.0. The van der Waals surface area contributed by atoms with E-state index in [0.717, 1.165) is 0 Å². The number of rotatable bonds is 4. The van der Waals surface area contributed by atoms with E-state index in [1.54, 1.807) is 12.1 Å². The Labute approximate surface area is 80.6 Å². The molecule has 0 saturated heterocycles. The third-order valence-electron chi connectivity index (χ3n) is 1.38. The minimum Gasteiger partial charge on any atom is -0.469 e. The summed E-state index contributed by atoms with van der Waals surface area (Å²) in [5.41, 5.74) is 0. The van der Waals surface area contributed by atoms with E-state index < -0.39 is 11.9 Å². The number of furan rings is 1. The van der Waals surface area contributed by atoms with Crippen LogP contribution in [0.15, 0.2) is 22.8 Å². The van der Waals surface area contributed by atoms with Crippen molar-refractivity contribution in [3.05, 3.63) is 24.2 Å². The molecule has 1 heterocycles. The minimum atomic E-state index is -0.499. The first kappa shape index (κ1) is 10.3. The van der Waals surface area contributed by atoms with E-state index in [2.05, 4.69) is 9.47 Å². The topological polar surface area (TPSA) is 65.7 Å². The Kier molecular flexibility index (Phi) is 3.72. The molecule has 0 amide bonds. The van der Waals surface area contributed by atoms with Crippen molar-refractivity contribution in [1.82, 2.24) is 0 Å². The monoisotopic (exact) mass is 198 g/mol. The lowest BCUT2D eigenvalue weighted by Crippen LogP contribution is -2.12. The van der Waals surface area contributed by atoms with Crippen LogP contribution in [0.4, 0.5) is 0 Å². The number of hydrogen-bond donors (Lipinski definition) is 0. The van der Waals surface area contributed by atoms with Gasteiger partial charge in [-0.25, -0.2) is 0 Å². The van der Waals surface area contributed by atoms with Crippen LogP contribution in [0, 0.1) is 0 Å². The maximum Gasteiger partial charge on any atom is 0.316 e. The fourth-order valence-corrected chi connectivity index (χ4v) is 0.785. The van der Waals surface area contributed by atoms with Crippen LogP contribution in [0.2, 0.25) is 0 Å². The molecule has 0 fully saturated rings. The lowest BCUT2D eigenvalue weighted by atomic mass is 10.3. The second kappa shape index (κ2) is 5.06. The highest BCUT2D eigenvalue weighted by Crippen LogP contribution is 2.01. The fraction of sp³-hybridized carbons (Fsp3) is 0.333. The van der Waals surface area contributed by atoms with Crippen molar-refractivity contribution in [3.63, 3.8) is 0 Å². The van der Waals surface area contributed by atoms with Crippen molar-refractivity contribution in [2.45, 2.75) is 13.3 Å². The molecule has 0 unspecified atom stereocenters. The number of esters is 2. The Morgan fingerprint density at radius 1 is 1.43 bits per heavy atom. The highest BCUT2D eigenvalue weighted by molar-refractivity contribution is 5.72. The molecule has 1 aromatic rings. The first-order valence-electron chi connectivity index (χ1n) is 4.00. The molecule has 0 aliphatic heterocycles. The summed E-state index contributed by atoms with van der Waals surface area (Å²) < 4.78 is 13.9. The van der Waals surface area contributed by atoms with Gasteiger partial charge in [-0.2, -0.15) is 0 Å². The highest BCUT2D eigenvalue weighted by Gasteiger charge is 2.06. The van der Waals surface area contributed by atoms with Crippen molar-refractivity contribution in [1.29, 1.82) is 0 Å². The fourth-order valence-electron chi connectivity index (χ4n) is 0.785. The summed E-state index contributed by atoms with van der Waals surface area (Å²) >= 11 is 0. The summed E-state index contributed by atoms with van der Waals surface area (Å²) in [6.07, 6.45) is 1.50. The third kappa shape index (κ3) is 3.75. The molecule has 0 aromatic carbocycles. The zero-order valence-electron chi connectivity index (χ0n) is 7.69. The largest absolute Gasteiger partial charge is 0.469 e. The van der Waals surface area contributed by atoms with E-state index in [1.807, 2.05) is 0 Å². The molecule has 0 aliphatic carbocycles. The van der Waals surface area contributed by atoms with Gasteiger partial charge in [0, 0.05) is 6.92 Å². The Bertz CT molecular complexity index is 301. The molecule has 14 heavy (non-hydrogen) atoms. The van der Waals surface area contributed by atoms with Crippen molar-refractivity contribution >= 4 is 11.9 Å². The Morgan fingerprint density at radius 3 is 2.79 bits per heavy atom. The van der Waals surface area contributed by atoms with Crippen LogP contribution in [0.3, 0.4) is 0 Å². The molecule has 0 spiro atoms. The second-order valence-electron chi connectivity index (χ2n) is 2.53. The second-order valence-corrected chi connectivity index (χ2v) is 2.53. The number of hydrogen-bond acceptors (Lipinski definition) is 5. The summed E-state index contributed by atoms with van der Waals surface area (Å²) in [4.78, 5) is 21.3. The molecule has 0 saturated carbocycles. The lowest BCUT2D eigenvalue weighted by Gasteiger charge is -2.02. The molecular formula is C9H10O5. The van der Waals surface area contributed by atoms with E-state index >= 15 is 0 Å². The van der Waals surface area contributed by atoms with Crippen LogP contribution in [-0.4, -0.2) is 18.7 Å². The van der Waals surface area contributed by atoms with Crippen molar-refractivity contribution in [3.8, 4) is 0 Å². The van der Waals surface area contributed by atoms with E-state index in [0.29, 0.717) is 5.76 Å². The SMILES string of the molecule is CC(=O)OCOC(=O)Cc1ccco1. The minimum absolute atomic E-state index is 0.0360. The van der Waals surface area contributed by atoms with Gasteiger partial charge in [0.1, 0.15) is 12.2 Å². The van der Waals surface area contributed by atoms with Crippen LogP contribution in [0.1, 0.15) is 12.7 Å². The summed E-state index contributed by atoms with van der Waals surface area (Å²) in [6, 6.07) is 3.34. The zero-order valence-corrected chi connectivity index (χ0v) is 7.69. The average Bonchev–Trinajstić information content (AvgIpc) is 2.56. The van der Waals surface area contributed by atoms with Crippen LogP contribution in [0.5, 0.6) is 0 Å². The summed E-state index contributed by atoms with van der Waals surface area (Å²) in [5.74, 6) is -0.477. The van der Waals surface area contributed by atoms with Crippen molar-refractivity contribution in [2.24, 2.45) is 0 Å². The molecule has 0 N–H and O–H groups in total. The number of carbonyl (C=O) groups excluding carboxylic acids is 2. The van der Waals surface area contributed by atoms with Crippen LogP contribution >= 0.6 is 0 Å². The van der Waals surface area contributed by atoms with Gasteiger partial charge in [0.2, 0.25) is 6.79 Å². The predicted molar refractivity (Wildman–Crippen MR) is 45.1 cm³/mol. The normalized spacial score (nSPS) is 9.50. The standard InChI is InChI=1S/C9H10O5/c1-7(10)13-6-14-9(11)5-8-3-2-4-12-8/h2-4H,5-6H2,1H3. The van der Waals surface area contributed by atoms with Gasteiger partial charge in [-0.15, -0.1) is 0 Å². The van der Waals surface area contributed by atoms with Gasteiger partial charge in [0.25, 0.3) is 0 Å². The van der Waals surface area contributed by atoms with E-state index in [-0.39, 0.29) is 13.2 Å². The van der Waals surface area contributed by atoms with Crippen molar-refractivity contribution < 1.29 is 23.5 Å². The van der Waals surface area contributed by atoms with Crippen LogP contribution in [-0.2, 0) is 25.5 Å². The van der Waals surface area contributed by atoms with E-state index in [4.69, 9.17) is 4.42 Å². The zero-order chi connectivity index (χ0) is 10.4. The van der Waals surface area contributed by atoms with Crippen LogP contribution in [0.25, 0.3) is 0 Å². The number of ether oxygens (including phenoxy) is 2. The Morgan fingerprint density at radius 2 is 2.21 bits per heavy atom. The summed E-state index contributed by atoms with van der Waals surface area (Å²) in [6.45, 7) is 0.884. The molecule has 0 bridgehead atoms. The first-order chi connectivity index (χ1) is 6.68. The van der Waals surface area contributed by atoms with Gasteiger partial charge in [0.05, 0.1) is 6.26 Å². The molecule has 76 valence electrons. The van der Waals surface area contributed by atoms with Gasteiger partial charge in [0.15, 0.2) is 0 Å². The molecule has 0 radical (unpaired) electrons. The molecular weight excluding hydrogens is 188 g/mol. The molecule has 1 aromatic heterocycles. The van der Waals surface area contributed by atoms with Gasteiger partial charge >= 0.3 is 11.9 Å². The summed E-state index contributed by atoms with van der Waals surface area (Å²) in [7, 11) is 0. The van der Waals surface area contributed by atoms with E-state index in [9.17, 15) is 9.59 Å². The Balaban J connectivity index is 2.20. The lowest BCUT2D eigenvalue weighted by molar-refractivity contribution is -0.165. The smallest absolute Gasteiger partial charge is 0.316 e. The Hall–Kier alpha value is -1.78. The molecule has 1 rings (SSSR count). The molecule has 5 nitrogen and oxygen atoms in total. The van der Waals surface area contributed by atoms with Gasteiger partial charge in [-0.1, -0.05) is 0 Å². The predicted octanol–water partition coefficient (Wildman–Crippen LogP) is 0.886. The molecule has 5 heteroatoms. The van der Waals surface area contributed by atoms with E-state index in [1.165, 1.54) is 13.2 Å². The third-order valence-corrected chi connectivity index (χ3v) is 1.38. The van der Waals surface area contributed by atoms with Gasteiger partial charge in [-0.3, -0.25) is 9.59 Å². The summed E-state index contributed by atoms with van der Waals surface area (Å²) in [5, 5.41) is 0. The first-order valence-corrected chi connectivity index (χ1v) is 4.00. The van der Waals surface area contributed by atoms with Gasteiger partial charge < -0.3 is 13.9 Å². The molecule has 0 atom stereocenters. The van der Waals surface area contributed by atoms with Gasteiger partial charge in [-0.05, 0) is 12.1 Å².